The van der Waals surface area contributed by atoms with Crippen LogP contribution in [-0.2, 0) is 5.41 Å². The molecule has 8 aromatic rings. The van der Waals surface area contributed by atoms with E-state index in [9.17, 15) is 10.2 Å². The van der Waals surface area contributed by atoms with E-state index in [2.05, 4.69) is 158 Å². The summed E-state index contributed by atoms with van der Waals surface area (Å²) in [6.45, 7) is 0.284. The molecule has 258 valence electrons. The van der Waals surface area contributed by atoms with Crippen molar-refractivity contribution in [3.63, 3.8) is 0 Å². The molecule has 4 nitrogen and oxygen atoms in total. The molecule has 0 amide bonds. The van der Waals surface area contributed by atoms with Gasteiger partial charge in [0.2, 0.25) is 0 Å². The van der Waals surface area contributed by atoms with E-state index in [1.165, 1.54) is 33.4 Å². The lowest BCUT2D eigenvalue weighted by Gasteiger charge is -2.36. The highest BCUT2D eigenvalue weighted by molar-refractivity contribution is 6.06. The summed E-state index contributed by atoms with van der Waals surface area (Å²) < 4.78 is 12.3. The normalized spacial score (nSPS) is 12.8. The van der Waals surface area contributed by atoms with Gasteiger partial charge in [0.15, 0.2) is 0 Å². The lowest BCUT2D eigenvalue weighted by molar-refractivity contribution is 0.203. The van der Waals surface area contributed by atoms with Crippen molar-refractivity contribution in [2.24, 2.45) is 0 Å². The van der Waals surface area contributed by atoms with Crippen LogP contribution in [0.2, 0.25) is 0 Å². The molecular formula is C49H38O4. The third-order valence-electron chi connectivity index (χ3n) is 10.6. The van der Waals surface area contributed by atoms with Crippen molar-refractivity contribution in [3.8, 4) is 44.9 Å². The number of aliphatic hydroxyl groups excluding tert-OH is 2. The molecule has 8 aromatic carbocycles. The first-order chi connectivity index (χ1) is 26.3. The van der Waals surface area contributed by atoms with E-state index < -0.39 is 5.41 Å². The molecule has 0 radical (unpaired) electrons. The van der Waals surface area contributed by atoms with Crippen molar-refractivity contribution in [2.45, 2.75) is 5.41 Å². The van der Waals surface area contributed by atoms with Gasteiger partial charge >= 0.3 is 0 Å². The van der Waals surface area contributed by atoms with Crippen LogP contribution in [0.4, 0.5) is 0 Å². The summed E-state index contributed by atoms with van der Waals surface area (Å²) >= 11 is 0. The molecule has 0 aliphatic heterocycles. The summed E-state index contributed by atoms with van der Waals surface area (Å²) in [5.74, 6) is 1.47. The fourth-order valence-corrected chi connectivity index (χ4v) is 8.62. The second kappa shape index (κ2) is 13.7. The molecule has 0 spiro atoms. The van der Waals surface area contributed by atoms with Gasteiger partial charge in [-0.1, -0.05) is 158 Å². The van der Waals surface area contributed by atoms with E-state index in [-0.39, 0.29) is 26.4 Å². The van der Waals surface area contributed by atoms with E-state index in [1.54, 1.807) is 0 Å². The highest BCUT2D eigenvalue weighted by atomic mass is 16.5. The van der Waals surface area contributed by atoms with Crippen LogP contribution in [0.3, 0.4) is 0 Å². The molecule has 0 atom stereocenters. The number of rotatable bonds is 10. The predicted octanol–water partition coefficient (Wildman–Crippen LogP) is 10.4. The van der Waals surface area contributed by atoms with Crippen molar-refractivity contribution < 1.29 is 19.7 Å². The predicted molar refractivity (Wildman–Crippen MR) is 215 cm³/mol. The number of aliphatic hydroxyl groups is 2. The smallest absolute Gasteiger partial charge is 0.127 e. The van der Waals surface area contributed by atoms with Gasteiger partial charge in [-0.15, -0.1) is 0 Å². The van der Waals surface area contributed by atoms with Gasteiger partial charge in [0, 0.05) is 10.8 Å². The van der Waals surface area contributed by atoms with Crippen molar-refractivity contribution in [1.82, 2.24) is 0 Å². The summed E-state index contributed by atoms with van der Waals surface area (Å²) in [6.07, 6.45) is 0. The Morgan fingerprint density at radius 2 is 0.755 bits per heavy atom. The monoisotopic (exact) mass is 690 g/mol. The van der Waals surface area contributed by atoms with Gasteiger partial charge < -0.3 is 19.7 Å². The Kier molecular flexibility index (Phi) is 8.47. The Labute approximate surface area is 309 Å². The minimum atomic E-state index is -0.787. The van der Waals surface area contributed by atoms with Crippen LogP contribution in [0.15, 0.2) is 170 Å². The quantitative estimate of drug-likeness (QED) is 0.150. The number of hydrogen-bond acceptors (Lipinski definition) is 4. The van der Waals surface area contributed by atoms with Gasteiger partial charge in [0.05, 0.1) is 18.6 Å². The minimum Gasteiger partial charge on any atom is -0.491 e. The van der Waals surface area contributed by atoms with Crippen molar-refractivity contribution in [2.75, 3.05) is 26.4 Å². The van der Waals surface area contributed by atoms with Gasteiger partial charge in [0.25, 0.3) is 0 Å². The van der Waals surface area contributed by atoms with Gasteiger partial charge in [-0.25, -0.2) is 0 Å². The maximum atomic E-state index is 9.70. The van der Waals surface area contributed by atoms with Crippen LogP contribution in [-0.4, -0.2) is 36.6 Å². The summed E-state index contributed by atoms with van der Waals surface area (Å²) in [5.41, 5.74) is 11.0. The summed E-state index contributed by atoms with van der Waals surface area (Å²) in [6, 6.07) is 60.4. The lowest BCUT2D eigenvalue weighted by Crippen LogP contribution is -2.29. The molecule has 2 N–H and O–H groups in total. The standard InChI is InChI=1S/C49H38O4/c50-29-31-52-45-27-25-41(37-17-7-9-19-39(37)45)49(42-26-28-46(53-32-30-51)40-20-10-8-18-38(40)42)43-23-11-21-35(33-13-3-1-4-14-33)47(43)48-36(22-12-24-44(48)49)34-15-5-2-6-16-34/h1-28,50-51H,29-32H2. The fourth-order valence-electron chi connectivity index (χ4n) is 8.62. The van der Waals surface area contributed by atoms with Crippen molar-refractivity contribution in [1.29, 1.82) is 0 Å². The largest absolute Gasteiger partial charge is 0.491 e. The zero-order valence-corrected chi connectivity index (χ0v) is 29.2. The molecule has 0 fully saturated rings. The molecule has 0 saturated carbocycles. The maximum absolute atomic E-state index is 9.70. The first-order valence-electron chi connectivity index (χ1n) is 18.2. The summed E-state index contributed by atoms with van der Waals surface area (Å²) in [5, 5.41) is 23.5. The first kappa shape index (κ1) is 32.7. The van der Waals surface area contributed by atoms with Crippen LogP contribution < -0.4 is 9.47 Å². The van der Waals surface area contributed by atoms with E-state index in [4.69, 9.17) is 9.47 Å². The van der Waals surface area contributed by atoms with E-state index >= 15 is 0 Å². The van der Waals surface area contributed by atoms with E-state index in [1.807, 2.05) is 12.1 Å². The highest BCUT2D eigenvalue weighted by Crippen LogP contribution is 2.62. The molecule has 0 aromatic heterocycles. The SMILES string of the molecule is OCCOc1ccc(C2(c3ccc(OCCO)c4ccccc34)c3cccc(-c4ccccc4)c3-c3c(-c4ccccc4)cccc32)c2ccccc12. The molecule has 1 aliphatic carbocycles. The van der Waals surface area contributed by atoms with Crippen LogP contribution in [0.5, 0.6) is 11.5 Å². The Morgan fingerprint density at radius 1 is 0.358 bits per heavy atom. The van der Waals surface area contributed by atoms with E-state index in [0.29, 0.717) is 0 Å². The third-order valence-corrected chi connectivity index (χ3v) is 10.6. The molecule has 1 aliphatic rings. The van der Waals surface area contributed by atoms with Gasteiger partial charge in [-0.3, -0.25) is 0 Å². The second-order valence-corrected chi connectivity index (χ2v) is 13.4. The molecule has 53 heavy (non-hydrogen) atoms. The average molecular weight is 691 g/mol. The third kappa shape index (κ3) is 5.22. The zero-order chi connectivity index (χ0) is 35.8. The number of ether oxygens (including phenoxy) is 2. The van der Waals surface area contributed by atoms with Crippen molar-refractivity contribution >= 4 is 21.5 Å². The number of benzene rings is 8. The van der Waals surface area contributed by atoms with Crippen LogP contribution in [0.1, 0.15) is 22.3 Å². The van der Waals surface area contributed by atoms with Crippen LogP contribution >= 0.6 is 0 Å². The lowest BCUT2D eigenvalue weighted by atomic mass is 9.65. The second-order valence-electron chi connectivity index (χ2n) is 13.4. The Hall–Kier alpha value is -6.20. The molecule has 9 rings (SSSR count). The molecular weight excluding hydrogens is 653 g/mol. The van der Waals surface area contributed by atoms with Gasteiger partial charge in [0.1, 0.15) is 24.7 Å². The fraction of sp³-hybridized carbons (Fsp3) is 0.102. The van der Waals surface area contributed by atoms with Crippen LogP contribution in [0, 0.1) is 0 Å². The van der Waals surface area contributed by atoms with Crippen molar-refractivity contribution in [3.05, 3.63) is 192 Å². The highest BCUT2D eigenvalue weighted by Gasteiger charge is 2.49. The number of hydrogen-bond donors (Lipinski definition) is 2. The molecule has 0 bridgehead atoms. The first-order valence-corrected chi connectivity index (χ1v) is 18.2. The Balaban J connectivity index is 1.49. The minimum absolute atomic E-state index is 0.0675. The van der Waals surface area contributed by atoms with E-state index in [0.717, 1.165) is 55.3 Å². The maximum Gasteiger partial charge on any atom is 0.127 e. The summed E-state index contributed by atoms with van der Waals surface area (Å²) in [7, 11) is 0. The molecule has 0 saturated heterocycles. The average Bonchev–Trinajstić information content (AvgIpc) is 3.53. The Bertz CT molecular complexity index is 2410. The number of fused-ring (bicyclic) bond motifs is 5. The van der Waals surface area contributed by atoms with Gasteiger partial charge in [-0.05, 0) is 78.5 Å². The molecule has 0 heterocycles. The topological polar surface area (TPSA) is 58.9 Å². The molecule has 0 unspecified atom stereocenters. The van der Waals surface area contributed by atoms with Crippen LogP contribution in [0.25, 0.3) is 54.9 Å². The Morgan fingerprint density at radius 3 is 1.17 bits per heavy atom. The zero-order valence-electron chi connectivity index (χ0n) is 29.2. The summed E-state index contributed by atoms with van der Waals surface area (Å²) in [4.78, 5) is 0. The molecule has 4 heteroatoms. The van der Waals surface area contributed by atoms with Gasteiger partial charge in [-0.2, -0.15) is 0 Å².